The van der Waals surface area contributed by atoms with Gasteiger partial charge < -0.3 is 15.2 Å². The molecule has 0 fully saturated rings. The van der Waals surface area contributed by atoms with Crippen molar-refractivity contribution in [1.29, 1.82) is 0 Å². The Bertz CT molecular complexity index is 527. The van der Waals surface area contributed by atoms with Gasteiger partial charge in [0.15, 0.2) is 0 Å². The predicted molar refractivity (Wildman–Crippen MR) is 87.8 cm³/mol. The van der Waals surface area contributed by atoms with Crippen molar-refractivity contribution in [2.75, 3.05) is 26.4 Å². The van der Waals surface area contributed by atoms with Crippen molar-refractivity contribution in [2.45, 2.75) is 25.7 Å². The molecule has 2 N–H and O–H groups in total. The van der Waals surface area contributed by atoms with Gasteiger partial charge in [-0.05, 0) is 48.7 Å². The number of nitrogens with two attached hydrogens (primary N) is 1. The molecule has 0 atom stereocenters. The van der Waals surface area contributed by atoms with Crippen molar-refractivity contribution < 1.29 is 9.47 Å². The summed E-state index contributed by atoms with van der Waals surface area (Å²) in [4.78, 5) is 0. The number of ether oxygens (including phenoxy) is 2. The molecule has 0 saturated carbocycles. The second kappa shape index (κ2) is 9.37. The lowest BCUT2D eigenvalue weighted by Gasteiger charge is -2.08. The Labute approximate surface area is 127 Å². The number of hydrogen-bond acceptors (Lipinski definition) is 3. The number of fused-ring (bicyclic) bond motifs is 1. The summed E-state index contributed by atoms with van der Waals surface area (Å²) in [5, 5.41) is 2.46. The summed E-state index contributed by atoms with van der Waals surface area (Å²) in [6.07, 6.45) is 4.27. The Hall–Kier alpha value is -1.58. The molecule has 114 valence electrons. The molecule has 2 aromatic carbocycles. The van der Waals surface area contributed by atoms with E-state index in [1.54, 1.807) is 0 Å². The molecule has 0 aliphatic carbocycles. The molecule has 3 heteroatoms. The van der Waals surface area contributed by atoms with E-state index in [0.717, 1.165) is 51.2 Å². The maximum absolute atomic E-state index is 5.76. The highest BCUT2D eigenvalue weighted by Crippen LogP contribution is 2.20. The lowest BCUT2D eigenvalue weighted by molar-refractivity contribution is 0.116. The predicted octanol–water partition coefficient (Wildman–Crippen LogP) is 3.75. The van der Waals surface area contributed by atoms with Crippen LogP contribution in [-0.4, -0.2) is 26.4 Å². The van der Waals surface area contributed by atoms with Crippen LogP contribution in [0.3, 0.4) is 0 Å². The van der Waals surface area contributed by atoms with Gasteiger partial charge in [0.1, 0.15) is 5.75 Å². The monoisotopic (exact) mass is 287 g/mol. The highest BCUT2D eigenvalue weighted by atomic mass is 16.5. The summed E-state index contributed by atoms with van der Waals surface area (Å²) in [6, 6.07) is 14.5. The highest BCUT2D eigenvalue weighted by Gasteiger charge is 1.97. The van der Waals surface area contributed by atoms with E-state index in [1.807, 2.05) is 18.2 Å². The molecule has 0 amide bonds. The van der Waals surface area contributed by atoms with E-state index in [1.165, 1.54) is 10.8 Å². The van der Waals surface area contributed by atoms with Gasteiger partial charge >= 0.3 is 0 Å². The van der Waals surface area contributed by atoms with Gasteiger partial charge in [-0.15, -0.1) is 0 Å². The average molecular weight is 287 g/mol. The van der Waals surface area contributed by atoms with Crippen LogP contribution in [0.4, 0.5) is 0 Å². The standard InChI is InChI=1S/C18H25NO2/c19-11-4-1-5-12-20-13-6-14-21-18-10-9-16-7-2-3-8-17(16)15-18/h2-3,7-10,15H,1,4-6,11-14,19H2. The van der Waals surface area contributed by atoms with Crippen LogP contribution >= 0.6 is 0 Å². The summed E-state index contributed by atoms with van der Waals surface area (Å²) >= 11 is 0. The zero-order valence-electron chi connectivity index (χ0n) is 12.6. The van der Waals surface area contributed by atoms with Crippen molar-refractivity contribution in [3.63, 3.8) is 0 Å². The number of benzene rings is 2. The van der Waals surface area contributed by atoms with Crippen LogP contribution in [0.1, 0.15) is 25.7 Å². The van der Waals surface area contributed by atoms with E-state index < -0.39 is 0 Å². The first kappa shape index (κ1) is 15.8. The largest absolute Gasteiger partial charge is 0.493 e. The van der Waals surface area contributed by atoms with Gasteiger partial charge in [-0.1, -0.05) is 30.3 Å². The number of hydrogen-bond donors (Lipinski definition) is 1. The maximum Gasteiger partial charge on any atom is 0.119 e. The van der Waals surface area contributed by atoms with E-state index in [4.69, 9.17) is 15.2 Å². The van der Waals surface area contributed by atoms with Crippen LogP contribution in [-0.2, 0) is 4.74 Å². The Kier molecular flexibility index (Phi) is 7.05. The smallest absolute Gasteiger partial charge is 0.119 e. The Morgan fingerprint density at radius 2 is 1.57 bits per heavy atom. The van der Waals surface area contributed by atoms with Gasteiger partial charge in [0, 0.05) is 19.6 Å². The van der Waals surface area contributed by atoms with Crippen molar-refractivity contribution in [3.05, 3.63) is 42.5 Å². The minimum atomic E-state index is 0.696. The minimum absolute atomic E-state index is 0.696. The molecular weight excluding hydrogens is 262 g/mol. The maximum atomic E-state index is 5.76. The second-order valence-corrected chi connectivity index (χ2v) is 5.17. The minimum Gasteiger partial charge on any atom is -0.493 e. The topological polar surface area (TPSA) is 44.5 Å². The third-order valence-corrected chi connectivity index (χ3v) is 3.42. The van der Waals surface area contributed by atoms with E-state index in [-0.39, 0.29) is 0 Å². The fourth-order valence-electron chi connectivity index (χ4n) is 2.24. The van der Waals surface area contributed by atoms with Crippen LogP contribution in [0, 0.1) is 0 Å². The quantitative estimate of drug-likeness (QED) is 0.677. The normalized spacial score (nSPS) is 10.9. The van der Waals surface area contributed by atoms with Crippen LogP contribution in [0.2, 0.25) is 0 Å². The Morgan fingerprint density at radius 3 is 2.43 bits per heavy atom. The molecule has 0 aromatic heterocycles. The third kappa shape index (κ3) is 5.74. The van der Waals surface area contributed by atoms with Gasteiger partial charge in [-0.25, -0.2) is 0 Å². The summed E-state index contributed by atoms with van der Waals surface area (Å²) in [5.74, 6) is 0.927. The zero-order valence-corrected chi connectivity index (χ0v) is 12.6. The van der Waals surface area contributed by atoms with Gasteiger partial charge in [0.05, 0.1) is 6.61 Å². The molecule has 0 radical (unpaired) electrons. The first-order valence-corrected chi connectivity index (χ1v) is 7.79. The lowest BCUT2D eigenvalue weighted by Crippen LogP contribution is -2.04. The summed E-state index contributed by atoms with van der Waals surface area (Å²) < 4.78 is 11.3. The first-order chi connectivity index (χ1) is 10.4. The van der Waals surface area contributed by atoms with Crippen molar-refractivity contribution >= 4 is 10.8 Å². The second-order valence-electron chi connectivity index (χ2n) is 5.17. The Morgan fingerprint density at radius 1 is 0.762 bits per heavy atom. The molecule has 0 aliphatic rings. The molecule has 0 heterocycles. The van der Waals surface area contributed by atoms with Crippen molar-refractivity contribution in [2.24, 2.45) is 5.73 Å². The fourth-order valence-corrected chi connectivity index (χ4v) is 2.24. The SMILES string of the molecule is NCCCCCOCCCOc1ccc2ccccc2c1. The van der Waals surface area contributed by atoms with Gasteiger partial charge in [0.2, 0.25) is 0 Å². The van der Waals surface area contributed by atoms with E-state index >= 15 is 0 Å². The molecule has 0 spiro atoms. The third-order valence-electron chi connectivity index (χ3n) is 3.42. The van der Waals surface area contributed by atoms with Crippen LogP contribution < -0.4 is 10.5 Å². The van der Waals surface area contributed by atoms with Crippen LogP contribution in [0.25, 0.3) is 10.8 Å². The van der Waals surface area contributed by atoms with Crippen LogP contribution in [0.5, 0.6) is 5.75 Å². The number of unbranched alkanes of at least 4 members (excludes halogenated alkanes) is 2. The fraction of sp³-hybridized carbons (Fsp3) is 0.444. The summed E-state index contributed by atoms with van der Waals surface area (Å²) in [6.45, 7) is 3.06. The van der Waals surface area contributed by atoms with E-state index in [2.05, 4.69) is 24.3 Å². The van der Waals surface area contributed by atoms with E-state index in [0.29, 0.717) is 6.61 Å². The summed E-state index contributed by atoms with van der Waals surface area (Å²) in [5.41, 5.74) is 5.44. The molecular formula is C18H25NO2. The molecule has 0 aliphatic heterocycles. The van der Waals surface area contributed by atoms with Crippen LogP contribution in [0.15, 0.2) is 42.5 Å². The molecule has 0 bridgehead atoms. The molecule has 2 aromatic rings. The molecule has 21 heavy (non-hydrogen) atoms. The molecule has 0 saturated heterocycles. The van der Waals surface area contributed by atoms with Crippen molar-refractivity contribution in [1.82, 2.24) is 0 Å². The van der Waals surface area contributed by atoms with Gasteiger partial charge in [-0.3, -0.25) is 0 Å². The summed E-state index contributed by atoms with van der Waals surface area (Å²) in [7, 11) is 0. The lowest BCUT2D eigenvalue weighted by atomic mass is 10.1. The van der Waals surface area contributed by atoms with Crippen molar-refractivity contribution in [3.8, 4) is 5.75 Å². The molecule has 3 nitrogen and oxygen atoms in total. The van der Waals surface area contributed by atoms with E-state index in [9.17, 15) is 0 Å². The molecule has 2 rings (SSSR count). The van der Waals surface area contributed by atoms with Gasteiger partial charge in [-0.2, -0.15) is 0 Å². The number of rotatable bonds is 10. The Balaban J connectivity index is 1.59. The van der Waals surface area contributed by atoms with Gasteiger partial charge in [0.25, 0.3) is 0 Å². The highest BCUT2D eigenvalue weighted by molar-refractivity contribution is 5.83. The molecule has 0 unspecified atom stereocenters. The zero-order chi connectivity index (χ0) is 14.8. The first-order valence-electron chi connectivity index (χ1n) is 7.79. The average Bonchev–Trinajstić information content (AvgIpc) is 2.53.